The van der Waals surface area contributed by atoms with Gasteiger partial charge >= 0.3 is 6.18 Å². The van der Waals surface area contributed by atoms with Crippen LogP contribution < -0.4 is 10.6 Å². The van der Waals surface area contributed by atoms with E-state index in [-0.39, 0.29) is 36.1 Å². The third-order valence-electron chi connectivity index (χ3n) is 7.76. The molecule has 14 heteroatoms. The van der Waals surface area contributed by atoms with Crippen molar-refractivity contribution in [3.63, 3.8) is 0 Å². The molecule has 1 amide bonds. The molecule has 1 saturated carbocycles. The van der Waals surface area contributed by atoms with Crippen molar-refractivity contribution in [3.05, 3.63) is 124 Å². The molecule has 2 aliphatic carbocycles. The van der Waals surface area contributed by atoms with Crippen molar-refractivity contribution in [1.29, 1.82) is 0 Å². The maximum atomic E-state index is 14.9. The third-order valence-corrected chi connectivity index (χ3v) is 7.76. The molecule has 1 unspecified atom stereocenters. The van der Waals surface area contributed by atoms with Gasteiger partial charge in [-0.05, 0) is 85.2 Å². The Hall–Kier alpha value is -4.33. The molecule has 4 nitrogen and oxygen atoms in total. The molecule has 0 aromatic heterocycles. The van der Waals surface area contributed by atoms with Crippen molar-refractivity contribution >= 4 is 5.91 Å². The lowest BCUT2D eigenvalue weighted by Gasteiger charge is -2.39. The summed E-state index contributed by atoms with van der Waals surface area (Å²) in [7, 11) is 0. The van der Waals surface area contributed by atoms with Crippen LogP contribution in [0.4, 0.5) is 43.9 Å². The molecular formula is C34H30F10N2O2. The van der Waals surface area contributed by atoms with Gasteiger partial charge in [-0.25, -0.2) is 30.7 Å². The first kappa shape index (κ1) is 36.5. The molecule has 3 N–H and O–H groups in total. The second-order valence-electron chi connectivity index (χ2n) is 11.4. The molecule has 258 valence electrons. The molecule has 0 bridgehead atoms. The van der Waals surface area contributed by atoms with Gasteiger partial charge in [-0.1, -0.05) is 30.4 Å². The summed E-state index contributed by atoms with van der Waals surface area (Å²) in [6.07, 6.45) is -2.08. The van der Waals surface area contributed by atoms with E-state index in [9.17, 15) is 53.8 Å². The molecule has 5 rings (SSSR count). The lowest BCUT2D eigenvalue weighted by atomic mass is 9.74. The summed E-state index contributed by atoms with van der Waals surface area (Å²) in [4.78, 5) is 13.7. The number of halogens is 10. The van der Waals surface area contributed by atoms with Crippen LogP contribution >= 0.6 is 0 Å². The van der Waals surface area contributed by atoms with E-state index in [2.05, 4.69) is 10.6 Å². The molecule has 1 fully saturated rings. The first-order valence-electron chi connectivity index (χ1n) is 14.7. The summed E-state index contributed by atoms with van der Waals surface area (Å²) in [5.74, 6) is -4.55. The van der Waals surface area contributed by atoms with Crippen LogP contribution in [0.1, 0.15) is 58.3 Å². The minimum Gasteiger partial charge on any atom is -0.508 e. The highest BCUT2D eigenvalue weighted by atomic mass is 19.4. The Balaban J connectivity index is 0.000000794. The molecule has 0 aliphatic heterocycles. The van der Waals surface area contributed by atoms with Gasteiger partial charge in [0.15, 0.2) is 0 Å². The standard InChI is InChI=1S/C32H28F6N2O2.C2H2F4/c33-24-14-23(15-26(41)16-24)31(17-19-4-2-1-3-5-19,22-7-11-28(34)21(12-22)18-39-25-8-9-25)40-30(42)20-6-10-29(35)27(13-20)32(36,37)38;3-1(4)2(5)6/h1-4,6-7,10-16,19,25,39,41H,5,8-9,17-18H2,(H,40,42);1-2H/t19?,31-;/m1./s1. The van der Waals surface area contributed by atoms with Gasteiger partial charge in [0.1, 0.15) is 23.2 Å². The van der Waals surface area contributed by atoms with Gasteiger partial charge in [0, 0.05) is 29.8 Å². The van der Waals surface area contributed by atoms with Gasteiger partial charge < -0.3 is 15.7 Å². The minimum atomic E-state index is -5.05. The first-order chi connectivity index (χ1) is 22.6. The van der Waals surface area contributed by atoms with E-state index in [0.717, 1.165) is 31.0 Å². The van der Waals surface area contributed by atoms with Crippen LogP contribution in [0, 0.1) is 23.4 Å². The quantitative estimate of drug-likeness (QED) is 0.187. The fourth-order valence-corrected chi connectivity index (χ4v) is 5.26. The first-order valence-corrected chi connectivity index (χ1v) is 14.7. The highest BCUT2D eigenvalue weighted by molar-refractivity contribution is 5.95. The molecular weight excluding hydrogens is 658 g/mol. The third kappa shape index (κ3) is 9.39. The predicted octanol–water partition coefficient (Wildman–Crippen LogP) is 8.79. The summed E-state index contributed by atoms with van der Waals surface area (Å²) in [6.45, 7) is 0.182. The van der Waals surface area contributed by atoms with E-state index < -0.39 is 64.8 Å². The molecule has 0 radical (unpaired) electrons. The number of phenols is 1. The van der Waals surface area contributed by atoms with Crippen LogP contribution in [0.5, 0.6) is 5.75 Å². The minimum absolute atomic E-state index is 0.0803. The molecule has 3 aromatic rings. The summed E-state index contributed by atoms with van der Waals surface area (Å²) in [6, 6.07) is 9.57. The van der Waals surface area contributed by atoms with Crippen LogP contribution in [0.15, 0.2) is 78.9 Å². The van der Waals surface area contributed by atoms with Crippen LogP contribution in [0.3, 0.4) is 0 Å². The number of hydrogen-bond donors (Lipinski definition) is 3. The lowest BCUT2D eigenvalue weighted by molar-refractivity contribution is -0.140. The average molecular weight is 689 g/mol. The molecule has 2 aliphatic rings. The zero-order valence-corrected chi connectivity index (χ0v) is 25.0. The van der Waals surface area contributed by atoms with Gasteiger partial charge in [-0.3, -0.25) is 4.79 Å². The SMILES string of the molecule is FC(F)C(F)F.O=C(N[C@@](CC1C=CC=CC1)(c1cc(O)cc(F)c1)c1ccc(F)c(CNC2CC2)c1)c1ccc(F)c(C(F)(F)F)c1. The number of carbonyl (C=O) groups excluding carboxylic acids is 1. The Labute approximate surface area is 269 Å². The number of rotatable bonds is 10. The summed E-state index contributed by atoms with van der Waals surface area (Å²) in [5.41, 5.74) is -3.03. The van der Waals surface area contributed by atoms with Crippen LogP contribution in [-0.4, -0.2) is 29.9 Å². The van der Waals surface area contributed by atoms with E-state index in [1.54, 1.807) is 6.08 Å². The zero-order chi connectivity index (χ0) is 35.2. The lowest BCUT2D eigenvalue weighted by Crippen LogP contribution is -2.48. The maximum Gasteiger partial charge on any atom is 0.419 e. The summed E-state index contributed by atoms with van der Waals surface area (Å²) < 4.78 is 126. The predicted molar refractivity (Wildman–Crippen MR) is 157 cm³/mol. The van der Waals surface area contributed by atoms with Gasteiger partial charge in [-0.2, -0.15) is 13.2 Å². The highest BCUT2D eigenvalue weighted by Crippen LogP contribution is 2.41. The smallest absolute Gasteiger partial charge is 0.419 e. The van der Waals surface area contributed by atoms with E-state index >= 15 is 0 Å². The topological polar surface area (TPSA) is 61.4 Å². The number of carbonyl (C=O) groups is 1. The molecule has 3 aromatic carbocycles. The van der Waals surface area contributed by atoms with E-state index in [4.69, 9.17) is 0 Å². The van der Waals surface area contributed by atoms with Crippen molar-refractivity contribution in [1.82, 2.24) is 10.6 Å². The van der Waals surface area contributed by atoms with Crippen LogP contribution in [-0.2, 0) is 18.3 Å². The van der Waals surface area contributed by atoms with E-state index in [1.165, 1.54) is 24.3 Å². The van der Waals surface area contributed by atoms with Gasteiger partial charge in [-0.15, -0.1) is 0 Å². The Kier molecular flexibility index (Phi) is 11.6. The number of benzene rings is 3. The van der Waals surface area contributed by atoms with Crippen molar-refractivity contribution in [3.8, 4) is 5.75 Å². The highest BCUT2D eigenvalue weighted by Gasteiger charge is 2.40. The molecule has 2 atom stereocenters. The fourth-order valence-electron chi connectivity index (χ4n) is 5.26. The van der Waals surface area contributed by atoms with Gasteiger partial charge in [0.2, 0.25) is 0 Å². The second kappa shape index (κ2) is 15.3. The number of phenolic OH excluding ortho intramolecular Hbond substituents is 1. The van der Waals surface area contributed by atoms with Crippen LogP contribution in [0.2, 0.25) is 0 Å². The monoisotopic (exact) mass is 688 g/mol. The van der Waals surface area contributed by atoms with Crippen molar-refractivity contribution in [2.75, 3.05) is 0 Å². The Morgan fingerprint density at radius 1 is 0.854 bits per heavy atom. The number of amides is 1. The maximum absolute atomic E-state index is 14.9. The Bertz CT molecular complexity index is 1630. The summed E-state index contributed by atoms with van der Waals surface area (Å²) >= 11 is 0. The van der Waals surface area contributed by atoms with Crippen molar-refractivity contribution in [2.24, 2.45) is 5.92 Å². The number of nitrogens with one attached hydrogen (secondary N) is 2. The Morgan fingerprint density at radius 2 is 1.54 bits per heavy atom. The number of allylic oxidation sites excluding steroid dienone is 4. The molecule has 0 heterocycles. The zero-order valence-electron chi connectivity index (χ0n) is 25.0. The number of aromatic hydroxyl groups is 1. The van der Waals surface area contributed by atoms with E-state index in [1.807, 2.05) is 18.2 Å². The van der Waals surface area contributed by atoms with E-state index in [0.29, 0.717) is 24.1 Å². The van der Waals surface area contributed by atoms with Crippen LogP contribution in [0.25, 0.3) is 0 Å². The number of alkyl halides is 7. The molecule has 0 saturated heterocycles. The normalized spacial score (nSPS) is 17.2. The molecule has 48 heavy (non-hydrogen) atoms. The van der Waals surface area contributed by atoms with Gasteiger partial charge in [0.05, 0.1) is 11.1 Å². The summed E-state index contributed by atoms with van der Waals surface area (Å²) in [5, 5.41) is 16.4. The largest absolute Gasteiger partial charge is 0.508 e. The fraction of sp³-hybridized carbons (Fsp3) is 0.324. The number of hydrogen-bond acceptors (Lipinski definition) is 3. The van der Waals surface area contributed by atoms with Gasteiger partial charge in [0.25, 0.3) is 18.8 Å². The second-order valence-corrected chi connectivity index (χ2v) is 11.4. The van der Waals surface area contributed by atoms with Crippen molar-refractivity contribution < 1.29 is 53.8 Å². The average Bonchev–Trinajstić information content (AvgIpc) is 3.85. The van der Waals surface area contributed by atoms with Crippen molar-refractivity contribution in [2.45, 2.75) is 62.8 Å². The Morgan fingerprint density at radius 3 is 2.12 bits per heavy atom. The molecule has 0 spiro atoms.